The lowest BCUT2D eigenvalue weighted by Gasteiger charge is -2.43. The summed E-state index contributed by atoms with van der Waals surface area (Å²) >= 11 is 0. The summed E-state index contributed by atoms with van der Waals surface area (Å²) in [5, 5.41) is 9.04. The van der Waals surface area contributed by atoms with Crippen LogP contribution in [0, 0.1) is 28.1 Å². The van der Waals surface area contributed by atoms with Crippen LogP contribution in [-0.2, 0) is 15.8 Å². The first kappa shape index (κ1) is 24.9. The third-order valence-electron chi connectivity index (χ3n) is 6.87. The van der Waals surface area contributed by atoms with Crippen LogP contribution in [-0.4, -0.2) is 61.9 Å². The summed E-state index contributed by atoms with van der Waals surface area (Å²) in [6, 6.07) is 5.39. The molecule has 0 N–H and O–H groups in total. The maximum absolute atomic E-state index is 13.4. The van der Waals surface area contributed by atoms with E-state index in [0.717, 1.165) is 6.07 Å². The maximum Gasteiger partial charge on any atom is 0.417 e. The zero-order valence-electron chi connectivity index (χ0n) is 19.8. The number of hydrogen-bond acceptors (Lipinski definition) is 4. The predicted molar refractivity (Wildman–Crippen MR) is 118 cm³/mol. The summed E-state index contributed by atoms with van der Waals surface area (Å²) in [6.45, 7) is 7.35. The Kier molecular flexibility index (Phi) is 6.44. The van der Waals surface area contributed by atoms with Gasteiger partial charge in [-0.25, -0.2) is 0 Å². The van der Waals surface area contributed by atoms with E-state index in [-0.39, 0.29) is 17.7 Å². The summed E-state index contributed by atoms with van der Waals surface area (Å²) in [5.41, 5.74) is -1.89. The number of hydrogen-bond donors (Lipinski definition) is 0. The topological polar surface area (TPSA) is 67.7 Å². The zero-order valence-corrected chi connectivity index (χ0v) is 19.8. The second-order valence-electron chi connectivity index (χ2n) is 10.4. The number of likely N-dealkylation sites (tertiary alicyclic amines) is 1. The van der Waals surface area contributed by atoms with Gasteiger partial charge in [0.05, 0.1) is 23.1 Å². The smallest absolute Gasteiger partial charge is 0.371 e. The van der Waals surface area contributed by atoms with E-state index in [1.54, 1.807) is 36.0 Å². The molecule has 2 saturated heterocycles. The van der Waals surface area contributed by atoms with Gasteiger partial charge in [0.2, 0.25) is 11.8 Å². The van der Waals surface area contributed by atoms with Crippen molar-refractivity contribution in [2.75, 3.05) is 45.2 Å². The van der Waals surface area contributed by atoms with Gasteiger partial charge >= 0.3 is 6.18 Å². The number of halogens is 3. The molecule has 0 bridgehead atoms. The highest BCUT2D eigenvalue weighted by Crippen LogP contribution is 2.47. The Hall–Kier alpha value is -2.76. The minimum atomic E-state index is -4.61. The summed E-state index contributed by atoms with van der Waals surface area (Å²) in [5.74, 6) is -0.363. The van der Waals surface area contributed by atoms with Crippen LogP contribution in [0.4, 0.5) is 18.9 Å². The normalized spacial score (nSPS) is 20.6. The summed E-state index contributed by atoms with van der Waals surface area (Å²) < 4.78 is 40.2. The van der Waals surface area contributed by atoms with Crippen LogP contribution in [0.5, 0.6) is 0 Å². The molecule has 2 fully saturated rings. The van der Waals surface area contributed by atoms with Crippen molar-refractivity contribution in [3.8, 4) is 6.07 Å². The first-order valence-corrected chi connectivity index (χ1v) is 11.1. The molecule has 0 aliphatic carbocycles. The lowest BCUT2D eigenvalue weighted by molar-refractivity contribution is -0.139. The molecule has 1 unspecified atom stereocenters. The molecule has 2 amide bonds. The number of rotatable bonds is 2. The van der Waals surface area contributed by atoms with Gasteiger partial charge in [-0.2, -0.15) is 18.4 Å². The maximum atomic E-state index is 13.4. The Morgan fingerprint density at radius 2 is 1.76 bits per heavy atom. The standard InChI is InChI=1S/C24H31F3N4O2/c1-22(2,3)21(33)31-14-19(20(32)29(4)5)23(15-31)8-10-30(11-9-23)17-7-6-16(13-28)18(12-17)24(25,26)27/h6-7,12,19H,8-11,14-15H2,1-5H3. The molecule has 180 valence electrons. The Bertz CT molecular complexity index is 967. The minimum Gasteiger partial charge on any atom is -0.371 e. The van der Waals surface area contributed by atoms with Crippen LogP contribution in [0.15, 0.2) is 18.2 Å². The number of anilines is 1. The lowest BCUT2D eigenvalue weighted by atomic mass is 9.70. The fourth-order valence-electron chi connectivity index (χ4n) is 5.03. The van der Waals surface area contributed by atoms with Crippen molar-refractivity contribution in [2.24, 2.45) is 16.7 Å². The summed E-state index contributed by atoms with van der Waals surface area (Å²) in [6.07, 6.45) is -3.43. The van der Waals surface area contributed by atoms with Crippen molar-refractivity contribution in [3.63, 3.8) is 0 Å². The number of alkyl halides is 3. The van der Waals surface area contributed by atoms with E-state index in [4.69, 9.17) is 5.26 Å². The third kappa shape index (κ3) is 4.80. The molecule has 1 spiro atoms. The fraction of sp³-hybridized carbons (Fsp3) is 0.625. The van der Waals surface area contributed by atoms with Gasteiger partial charge in [0.1, 0.15) is 0 Å². The number of amides is 2. The number of nitrogens with zero attached hydrogens (tertiary/aromatic N) is 4. The van der Waals surface area contributed by atoms with Crippen LogP contribution in [0.1, 0.15) is 44.7 Å². The predicted octanol–water partition coefficient (Wildman–Crippen LogP) is 3.76. The van der Waals surface area contributed by atoms with E-state index in [9.17, 15) is 22.8 Å². The monoisotopic (exact) mass is 464 g/mol. The molecule has 3 rings (SSSR count). The Labute approximate surface area is 192 Å². The first-order valence-electron chi connectivity index (χ1n) is 11.1. The van der Waals surface area contributed by atoms with Gasteiger partial charge in [-0.05, 0) is 31.0 Å². The Morgan fingerprint density at radius 1 is 1.15 bits per heavy atom. The minimum absolute atomic E-state index is 0.000252. The van der Waals surface area contributed by atoms with Gasteiger partial charge in [0.15, 0.2) is 0 Å². The lowest BCUT2D eigenvalue weighted by Crippen LogP contribution is -2.48. The van der Waals surface area contributed by atoms with E-state index in [2.05, 4.69) is 0 Å². The summed E-state index contributed by atoms with van der Waals surface area (Å²) in [4.78, 5) is 31.2. The largest absolute Gasteiger partial charge is 0.417 e. The molecule has 2 aliphatic heterocycles. The highest BCUT2D eigenvalue weighted by atomic mass is 19.4. The molecular formula is C24H31F3N4O2. The van der Waals surface area contributed by atoms with Gasteiger partial charge < -0.3 is 14.7 Å². The molecule has 0 radical (unpaired) electrons. The quantitative estimate of drug-likeness (QED) is 0.669. The summed E-state index contributed by atoms with van der Waals surface area (Å²) in [7, 11) is 3.41. The second kappa shape index (κ2) is 8.54. The zero-order chi connectivity index (χ0) is 24.8. The molecule has 1 aromatic rings. The highest BCUT2D eigenvalue weighted by Gasteiger charge is 2.53. The van der Waals surface area contributed by atoms with E-state index in [1.165, 1.54) is 6.07 Å². The molecule has 33 heavy (non-hydrogen) atoms. The average Bonchev–Trinajstić information content (AvgIpc) is 3.09. The molecule has 2 aliphatic rings. The highest BCUT2D eigenvalue weighted by molar-refractivity contribution is 5.85. The van der Waals surface area contributed by atoms with Gasteiger partial charge in [0, 0.05) is 56.8 Å². The van der Waals surface area contributed by atoms with Crippen LogP contribution in [0.2, 0.25) is 0 Å². The SMILES string of the molecule is CN(C)C(=O)C1CN(C(=O)C(C)(C)C)CC12CCN(c1ccc(C#N)c(C(F)(F)F)c1)CC2. The van der Waals surface area contributed by atoms with Crippen LogP contribution >= 0.6 is 0 Å². The number of carbonyl (C=O) groups is 2. The van der Waals surface area contributed by atoms with Crippen LogP contribution in [0.25, 0.3) is 0 Å². The van der Waals surface area contributed by atoms with E-state index in [0.29, 0.717) is 44.7 Å². The van der Waals surface area contributed by atoms with Crippen LogP contribution < -0.4 is 4.90 Å². The van der Waals surface area contributed by atoms with Crippen LogP contribution in [0.3, 0.4) is 0 Å². The van der Waals surface area contributed by atoms with Crippen molar-refractivity contribution in [2.45, 2.75) is 39.8 Å². The van der Waals surface area contributed by atoms with Crippen molar-refractivity contribution >= 4 is 17.5 Å². The molecular weight excluding hydrogens is 433 g/mol. The van der Waals surface area contributed by atoms with Crippen molar-refractivity contribution < 1.29 is 22.8 Å². The molecule has 0 aromatic heterocycles. The number of nitriles is 1. The average molecular weight is 465 g/mol. The van der Waals surface area contributed by atoms with Crippen molar-refractivity contribution in [1.29, 1.82) is 5.26 Å². The number of piperidine rings is 1. The fourth-order valence-corrected chi connectivity index (χ4v) is 5.03. The van der Waals surface area contributed by atoms with E-state index in [1.807, 2.05) is 25.7 Å². The Balaban J connectivity index is 1.85. The van der Waals surface area contributed by atoms with Gasteiger partial charge in [-0.3, -0.25) is 9.59 Å². The Morgan fingerprint density at radius 3 is 2.24 bits per heavy atom. The third-order valence-corrected chi connectivity index (χ3v) is 6.87. The van der Waals surface area contributed by atoms with Crippen molar-refractivity contribution in [1.82, 2.24) is 9.80 Å². The van der Waals surface area contributed by atoms with Crippen molar-refractivity contribution in [3.05, 3.63) is 29.3 Å². The van der Waals surface area contributed by atoms with E-state index >= 15 is 0 Å². The van der Waals surface area contributed by atoms with E-state index < -0.39 is 28.1 Å². The number of benzene rings is 1. The molecule has 0 saturated carbocycles. The first-order chi connectivity index (χ1) is 15.2. The number of carbonyl (C=O) groups excluding carboxylic acids is 2. The molecule has 9 heteroatoms. The van der Waals surface area contributed by atoms with Gasteiger partial charge in [-0.1, -0.05) is 20.8 Å². The molecule has 6 nitrogen and oxygen atoms in total. The second-order valence-corrected chi connectivity index (χ2v) is 10.4. The van der Waals surface area contributed by atoms with Gasteiger partial charge in [0.25, 0.3) is 0 Å². The molecule has 1 aromatic carbocycles. The molecule has 2 heterocycles. The van der Waals surface area contributed by atoms with Gasteiger partial charge in [-0.15, -0.1) is 0 Å². The molecule has 1 atom stereocenters.